The summed E-state index contributed by atoms with van der Waals surface area (Å²) in [6, 6.07) is 11.6. The van der Waals surface area contributed by atoms with E-state index in [9.17, 15) is 10.2 Å². The van der Waals surface area contributed by atoms with Crippen LogP contribution in [-0.4, -0.2) is 10.2 Å². The standard InChI is InChI=1S/C23H28O2/c1-6-8-17-14-19(10-12-21(17)24)23(5,16(3)4)20-11-13-22(25)18(15-20)9-7-2/h6-7,10-16,24-25H,1-2,8-9H2,3-5H3. The molecular formula is C23H28O2. The minimum absolute atomic E-state index is 0.243. The van der Waals surface area contributed by atoms with Gasteiger partial charge in [0.15, 0.2) is 0 Å². The van der Waals surface area contributed by atoms with E-state index in [-0.39, 0.29) is 5.41 Å². The normalized spacial score (nSPS) is 11.5. The van der Waals surface area contributed by atoms with Gasteiger partial charge in [-0.15, -0.1) is 13.2 Å². The van der Waals surface area contributed by atoms with Crippen LogP contribution in [0.25, 0.3) is 0 Å². The molecule has 132 valence electrons. The molecule has 0 saturated heterocycles. The van der Waals surface area contributed by atoms with Gasteiger partial charge in [-0.25, -0.2) is 0 Å². The Hall–Kier alpha value is -2.48. The van der Waals surface area contributed by atoms with Gasteiger partial charge in [-0.1, -0.05) is 57.2 Å². The molecule has 2 aromatic carbocycles. The van der Waals surface area contributed by atoms with Crippen LogP contribution < -0.4 is 0 Å². The van der Waals surface area contributed by atoms with Crippen LogP contribution in [0.3, 0.4) is 0 Å². The van der Waals surface area contributed by atoms with Crippen molar-refractivity contribution in [2.75, 3.05) is 0 Å². The van der Waals surface area contributed by atoms with Crippen molar-refractivity contribution < 1.29 is 10.2 Å². The van der Waals surface area contributed by atoms with E-state index in [4.69, 9.17) is 0 Å². The Labute approximate surface area is 151 Å². The molecular weight excluding hydrogens is 308 g/mol. The van der Waals surface area contributed by atoms with Crippen LogP contribution in [0.1, 0.15) is 43.0 Å². The van der Waals surface area contributed by atoms with Gasteiger partial charge in [0.1, 0.15) is 11.5 Å². The summed E-state index contributed by atoms with van der Waals surface area (Å²) in [5.41, 5.74) is 3.81. The van der Waals surface area contributed by atoms with Crippen LogP contribution in [0, 0.1) is 5.92 Å². The highest BCUT2D eigenvalue weighted by molar-refractivity contribution is 5.48. The molecule has 0 aliphatic heterocycles. The lowest BCUT2D eigenvalue weighted by Gasteiger charge is -2.36. The van der Waals surface area contributed by atoms with Crippen LogP contribution in [0.5, 0.6) is 11.5 Å². The van der Waals surface area contributed by atoms with E-state index < -0.39 is 0 Å². The summed E-state index contributed by atoms with van der Waals surface area (Å²) in [4.78, 5) is 0. The Morgan fingerprint density at radius 3 is 1.60 bits per heavy atom. The fourth-order valence-corrected chi connectivity index (χ4v) is 3.29. The molecule has 0 fully saturated rings. The quantitative estimate of drug-likeness (QED) is 0.654. The maximum absolute atomic E-state index is 10.1. The Morgan fingerprint density at radius 1 is 0.880 bits per heavy atom. The van der Waals surface area contributed by atoms with Gasteiger partial charge in [0.05, 0.1) is 0 Å². The van der Waals surface area contributed by atoms with E-state index in [0.29, 0.717) is 30.3 Å². The molecule has 0 atom stereocenters. The van der Waals surface area contributed by atoms with Gasteiger partial charge in [0.25, 0.3) is 0 Å². The Bertz CT molecular complexity index is 712. The largest absolute Gasteiger partial charge is 0.508 e. The van der Waals surface area contributed by atoms with Gasteiger partial charge in [-0.2, -0.15) is 0 Å². The number of allylic oxidation sites excluding steroid dienone is 2. The van der Waals surface area contributed by atoms with Crippen molar-refractivity contribution >= 4 is 0 Å². The summed E-state index contributed by atoms with van der Waals surface area (Å²) in [5, 5.41) is 20.2. The SMILES string of the molecule is C=CCc1cc(C(C)(c2ccc(O)c(CC=C)c2)C(C)C)ccc1O. The van der Waals surface area contributed by atoms with Crippen molar-refractivity contribution in [2.45, 2.75) is 39.0 Å². The third-order valence-electron chi connectivity index (χ3n) is 5.24. The minimum Gasteiger partial charge on any atom is -0.508 e. The number of hydrogen-bond acceptors (Lipinski definition) is 2. The van der Waals surface area contributed by atoms with Gasteiger partial charge in [0.2, 0.25) is 0 Å². The third-order valence-corrected chi connectivity index (χ3v) is 5.24. The topological polar surface area (TPSA) is 40.5 Å². The second-order valence-electron chi connectivity index (χ2n) is 7.03. The summed E-state index contributed by atoms with van der Waals surface area (Å²) in [7, 11) is 0. The summed E-state index contributed by atoms with van der Waals surface area (Å²) in [5.74, 6) is 0.926. The van der Waals surface area contributed by atoms with E-state index in [0.717, 1.165) is 22.3 Å². The highest BCUT2D eigenvalue weighted by Crippen LogP contribution is 2.41. The number of phenolic OH excluding ortho intramolecular Hbond substituents is 2. The molecule has 0 spiro atoms. The fraction of sp³-hybridized carbons (Fsp3) is 0.304. The highest BCUT2D eigenvalue weighted by atomic mass is 16.3. The summed E-state index contributed by atoms with van der Waals surface area (Å²) < 4.78 is 0. The molecule has 2 nitrogen and oxygen atoms in total. The predicted octanol–water partition coefficient (Wildman–Crippen LogP) is 5.52. The molecule has 0 aromatic heterocycles. The van der Waals surface area contributed by atoms with Gasteiger partial charge in [-0.3, -0.25) is 0 Å². The molecule has 0 amide bonds. The summed E-state index contributed by atoms with van der Waals surface area (Å²) in [6.07, 6.45) is 4.86. The van der Waals surface area contributed by atoms with E-state index in [1.807, 2.05) is 12.1 Å². The molecule has 2 heteroatoms. The van der Waals surface area contributed by atoms with Gasteiger partial charge in [-0.05, 0) is 53.1 Å². The molecule has 2 N–H and O–H groups in total. The molecule has 0 aliphatic carbocycles. The van der Waals surface area contributed by atoms with Crippen LogP contribution in [0.2, 0.25) is 0 Å². The molecule has 0 radical (unpaired) electrons. The first-order valence-electron chi connectivity index (χ1n) is 8.71. The lowest BCUT2D eigenvalue weighted by molar-refractivity contribution is 0.401. The zero-order chi connectivity index (χ0) is 18.6. The molecule has 25 heavy (non-hydrogen) atoms. The number of hydrogen-bond donors (Lipinski definition) is 2. The first-order chi connectivity index (χ1) is 11.8. The van der Waals surface area contributed by atoms with Gasteiger partial charge < -0.3 is 10.2 Å². The maximum atomic E-state index is 10.1. The molecule has 0 heterocycles. The Balaban J connectivity index is 2.63. The van der Waals surface area contributed by atoms with Crippen LogP contribution in [0.4, 0.5) is 0 Å². The van der Waals surface area contributed by atoms with E-state index in [2.05, 4.69) is 46.1 Å². The van der Waals surface area contributed by atoms with Crippen molar-refractivity contribution in [1.82, 2.24) is 0 Å². The molecule has 0 saturated carbocycles. The molecule has 0 unspecified atom stereocenters. The number of aromatic hydroxyl groups is 2. The molecule has 0 bridgehead atoms. The first kappa shape index (κ1) is 18.9. The zero-order valence-electron chi connectivity index (χ0n) is 15.4. The van der Waals surface area contributed by atoms with Crippen molar-refractivity contribution in [3.63, 3.8) is 0 Å². The second kappa shape index (κ2) is 7.60. The lowest BCUT2D eigenvalue weighted by atomic mass is 9.68. The Morgan fingerprint density at radius 2 is 1.28 bits per heavy atom. The second-order valence-corrected chi connectivity index (χ2v) is 7.03. The monoisotopic (exact) mass is 336 g/mol. The smallest absolute Gasteiger partial charge is 0.119 e. The van der Waals surface area contributed by atoms with Crippen molar-refractivity contribution in [3.8, 4) is 11.5 Å². The predicted molar refractivity (Wildman–Crippen MR) is 105 cm³/mol. The summed E-state index contributed by atoms with van der Waals surface area (Å²) in [6.45, 7) is 14.2. The minimum atomic E-state index is -0.243. The maximum Gasteiger partial charge on any atom is 0.119 e. The number of rotatable bonds is 7. The van der Waals surface area contributed by atoms with Crippen molar-refractivity contribution in [2.24, 2.45) is 5.92 Å². The zero-order valence-corrected chi connectivity index (χ0v) is 15.4. The van der Waals surface area contributed by atoms with Crippen LogP contribution in [0.15, 0.2) is 61.7 Å². The Kier molecular flexibility index (Phi) is 5.73. The van der Waals surface area contributed by atoms with E-state index >= 15 is 0 Å². The fourth-order valence-electron chi connectivity index (χ4n) is 3.29. The first-order valence-corrected chi connectivity index (χ1v) is 8.71. The average molecular weight is 336 g/mol. The van der Waals surface area contributed by atoms with Crippen molar-refractivity contribution in [1.29, 1.82) is 0 Å². The third kappa shape index (κ3) is 3.63. The molecule has 2 aromatic rings. The highest BCUT2D eigenvalue weighted by Gasteiger charge is 2.33. The van der Waals surface area contributed by atoms with E-state index in [1.54, 1.807) is 24.3 Å². The van der Waals surface area contributed by atoms with Crippen molar-refractivity contribution in [3.05, 3.63) is 84.0 Å². The van der Waals surface area contributed by atoms with Gasteiger partial charge >= 0.3 is 0 Å². The lowest BCUT2D eigenvalue weighted by Crippen LogP contribution is -2.30. The van der Waals surface area contributed by atoms with Crippen LogP contribution in [-0.2, 0) is 18.3 Å². The number of benzene rings is 2. The van der Waals surface area contributed by atoms with E-state index in [1.165, 1.54) is 0 Å². The average Bonchev–Trinajstić information content (AvgIpc) is 2.58. The van der Waals surface area contributed by atoms with Crippen LogP contribution >= 0.6 is 0 Å². The summed E-state index contributed by atoms with van der Waals surface area (Å²) >= 11 is 0. The van der Waals surface area contributed by atoms with Gasteiger partial charge in [0, 0.05) is 5.41 Å². The number of phenols is 2. The molecule has 0 aliphatic rings. The molecule has 2 rings (SSSR count).